The van der Waals surface area contributed by atoms with Crippen LogP contribution >= 0.6 is 0 Å². The fourth-order valence-electron chi connectivity index (χ4n) is 2.79. The van der Waals surface area contributed by atoms with E-state index in [9.17, 15) is 14.0 Å². The second kappa shape index (κ2) is 4.67. The Balaban J connectivity index is 1.86. The predicted octanol–water partition coefficient (Wildman–Crippen LogP) is 3.34. The molecule has 2 N–H and O–H groups in total. The first kappa shape index (κ1) is 13.5. The van der Waals surface area contributed by atoms with Crippen molar-refractivity contribution in [3.8, 4) is 11.1 Å². The van der Waals surface area contributed by atoms with Crippen LogP contribution in [0.5, 0.6) is 0 Å². The van der Waals surface area contributed by atoms with E-state index in [2.05, 4.69) is 4.98 Å². The summed E-state index contributed by atoms with van der Waals surface area (Å²) in [6, 6.07) is 9.45. The molecule has 0 fully saturated rings. The van der Waals surface area contributed by atoms with Crippen LogP contribution in [0.2, 0.25) is 0 Å². The maximum absolute atomic E-state index is 14.3. The summed E-state index contributed by atoms with van der Waals surface area (Å²) < 4.78 is 19.2. The zero-order chi connectivity index (χ0) is 16.1. The molecule has 0 aliphatic carbocycles. The van der Waals surface area contributed by atoms with E-state index in [1.165, 1.54) is 12.1 Å². The van der Waals surface area contributed by atoms with Crippen molar-refractivity contribution < 1.29 is 23.8 Å². The largest absolute Gasteiger partial charge is 0.477 e. The van der Waals surface area contributed by atoms with E-state index in [1.54, 1.807) is 24.3 Å². The molecule has 1 aliphatic rings. The van der Waals surface area contributed by atoms with Gasteiger partial charge in [-0.3, -0.25) is 0 Å². The molecule has 1 aromatic heterocycles. The SMILES string of the molecule is O=C(O)c1cc2c(F)cc(-c3ccc4c(c3)COC4=O)cc2[nH]1. The molecule has 0 atom stereocenters. The van der Waals surface area contributed by atoms with Gasteiger partial charge in [-0.2, -0.15) is 0 Å². The number of carboxylic acid groups (broad SMARTS) is 1. The Hall–Kier alpha value is -3.15. The lowest BCUT2D eigenvalue weighted by Crippen LogP contribution is -1.94. The summed E-state index contributed by atoms with van der Waals surface area (Å²) in [6.07, 6.45) is 0. The number of aromatic nitrogens is 1. The third-order valence-electron chi connectivity index (χ3n) is 3.94. The van der Waals surface area contributed by atoms with Crippen molar-refractivity contribution in [1.82, 2.24) is 4.98 Å². The number of hydrogen-bond acceptors (Lipinski definition) is 3. The zero-order valence-electron chi connectivity index (χ0n) is 11.7. The van der Waals surface area contributed by atoms with E-state index in [0.717, 1.165) is 11.1 Å². The highest BCUT2D eigenvalue weighted by Gasteiger charge is 2.21. The Morgan fingerprint density at radius 1 is 1.17 bits per heavy atom. The highest BCUT2D eigenvalue weighted by molar-refractivity contribution is 5.96. The number of ether oxygens (including phenoxy) is 1. The van der Waals surface area contributed by atoms with Gasteiger partial charge >= 0.3 is 11.9 Å². The van der Waals surface area contributed by atoms with Crippen LogP contribution in [0.3, 0.4) is 0 Å². The highest BCUT2D eigenvalue weighted by atomic mass is 19.1. The van der Waals surface area contributed by atoms with Crippen LogP contribution in [0, 0.1) is 5.82 Å². The minimum atomic E-state index is -1.14. The van der Waals surface area contributed by atoms with Gasteiger partial charge in [0.15, 0.2) is 0 Å². The fraction of sp³-hybridized carbons (Fsp3) is 0.0588. The average molecular weight is 311 g/mol. The fourth-order valence-corrected chi connectivity index (χ4v) is 2.79. The molecular weight excluding hydrogens is 301 g/mol. The van der Waals surface area contributed by atoms with Gasteiger partial charge in [0.25, 0.3) is 0 Å². The van der Waals surface area contributed by atoms with Gasteiger partial charge in [-0.15, -0.1) is 0 Å². The molecule has 0 saturated heterocycles. The first-order chi connectivity index (χ1) is 11.0. The molecular formula is C17H10FNO4. The van der Waals surface area contributed by atoms with E-state index in [0.29, 0.717) is 16.6 Å². The lowest BCUT2D eigenvalue weighted by Gasteiger charge is -2.05. The van der Waals surface area contributed by atoms with Crippen molar-refractivity contribution in [3.63, 3.8) is 0 Å². The molecule has 2 aromatic carbocycles. The summed E-state index contributed by atoms with van der Waals surface area (Å²) in [7, 11) is 0. The number of carbonyl (C=O) groups is 2. The predicted molar refractivity (Wildman–Crippen MR) is 79.8 cm³/mol. The van der Waals surface area contributed by atoms with Gasteiger partial charge < -0.3 is 14.8 Å². The van der Waals surface area contributed by atoms with Crippen molar-refractivity contribution in [1.29, 1.82) is 0 Å². The minimum Gasteiger partial charge on any atom is -0.477 e. The van der Waals surface area contributed by atoms with Crippen LogP contribution in [0.15, 0.2) is 36.4 Å². The van der Waals surface area contributed by atoms with Crippen LogP contribution in [0.1, 0.15) is 26.4 Å². The summed E-state index contributed by atoms with van der Waals surface area (Å²) in [5.74, 6) is -2.01. The second-order valence-electron chi connectivity index (χ2n) is 5.36. The third kappa shape index (κ3) is 2.07. The number of hydrogen-bond donors (Lipinski definition) is 2. The molecule has 0 amide bonds. The van der Waals surface area contributed by atoms with Gasteiger partial charge in [-0.25, -0.2) is 14.0 Å². The van der Waals surface area contributed by atoms with Crippen LogP contribution in [0.25, 0.3) is 22.0 Å². The van der Waals surface area contributed by atoms with Crippen molar-refractivity contribution >= 4 is 22.8 Å². The zero-order valence-corrected chi connectivity index (χ0v) is 11.7. The summed E-state index contributed by atoms with van der Waals surface area (Å²) in [6.45, 7) is 0.207. The molecule has 114 valence electrons. The third-order valence-corrected chi connectivity index (χ3v) is 3.94. The summed E-state index contributed by atoms with van der Waals surface area (Å²) >= 11 is 0. The molecule has 6 heteroatoms. The molecule has 2 heterocycles. The van der Waals surface area contributed by atoms with Gasteiger partial charge in [-0.1, -0.05) is 6.07 Å². The number of H-pyrrole nitrogens is 1. The Kier molecular flexibility index (Phi) is 2.74. The summed E-state index contributed by atoms with van der Waals surface area (Å²) in [5, 5.41) is 9.22. The van der Waals surface area contributed by atoms with E-state index < -0.39 is 11.8 Å². The second-order valence-corrected chi connectivity index (χ2v) is 5.36. The monoisotopic (exact) mass is 311 g/mol. The molecule has 23 heavy (non-hydrogen) atoms. The van der Waals surface area contributed by atoms with Crippen LogP contribution in [0.4, 0.5) is 4.39 Å². The molecule has 1 aliphatic heterocycles. The molecule has 0 bridgehead atoms. The number of nitrogens with one attached hydrogen (secondary N) is 1. The van der Waals surface area contributed by atoms with Crippen LogP contribution < -0.4 is 0 Å². The number of aromatic carboxylic acids is 1. The summed E-state index contributed by atoms with van der Waals surface area (Å²) in [5.41, 5.74) is 2.94. The quantitative estimate of drug-likeness (QED) is 0.711. The minimum absolute atomic E-state index is 0.0657. The first-order valence-electron chi connectivity index (χ1n) is 6.89. The van der Waals surface area contributed by atoms with E-state index in [4.69, 9.17) is 9.84 Å². The number of carbonyl (C=O) groups excluding carboxylic acids is 1. The maximum Gasteiger partial charge on any atom is 0.352 e. The van der Waals surface area contributed by atoms with Gasteiger partial charge in [0.2, 0.25) is 0 Å². The van der Waals surface area contributed by atoms with E-state index in [1.807, 2.05) is 0 Å². The number of carboxylic acids is 1. The Morgan fingerprint density at radius 2 is 2.00 bits per heavy atom. The molecule has 0 unspecified atom stereocenters. The van der Waals surface area contributed by atoms with Gasteiger partial charge in [0.1, 0.15) is 18.1 Å². The molecule has 0 radical (unpaired) electrons. The normalized spacial score (nSPS) is 13.2. The van der Waals surface area contributed by atoms with Crippen LogP contribution in [-0.2, 0) is 11.3 Å². The Labute approximate surface area is 129 Å². The van der Waals surface area contributed by atoms with Gasteiger partial charge in [-0.05, 0) is 41.5 Å². The lowest BCUT2D eigenvalue weighted by molar-refractivity contribution is 0.0534. The Morgan fingerprint density at radius 3 is 2.78 bits per heavy atom. The average Bonchev–Trinajstić information content (AvgIpc) is 3.11. The number of esters is 1. The number of aromatic amines is 1. The molecule has 0 saturated carbocycles. The number of halogens is 1. The van der Waals surface area contributed by atoms with Crippen molar-refractivity contribution in [3.05, 3.63) is 59.0 Å². The number of benzene rings is 2. The van der Waals surface area contributed by atoms with Crippen molar-refractivity contribution in [2.24, 2.45) is 0 Å². The smallest absolute Gasteiger partial charge is 0.352 e. The van der Waals surface area contributed by atoms with E-state index >= 15 is 0 Å². The van der Waals surface area contributed by atoms with Gasteiger partial charge in [0.05, 0.1) is 5.56 Å². The Bertz CT molecular complexity index is 990. The van der Waals surface area contributed by atoms with Crippen LogP contribution in [-0.4, -0.2) is 22.0 Å². The number of fused-ring (bicyclic) bond motifs is 2. The summed E-state index contributed by atoms with van der Waals surface area (Å²) in [4.78, 5) is 25.1. The molecule has 4 rings (SSSR count). The molecule has 3 aromatic rings. The maximum atomic E-state index is 14.3. The lowest BCUT2D eigenvalue weighted by atomic mass is 9.99. The number of rotatable bonds is 2. The van der Waals surface area contributed by atoms with E-state index in [-0.39, 0.29) is 23.7 Å². The number of cyclic esters (lactones) is 1. The molecule has 5 nitrogen and oxygen atoms in total. The first-order valence-corrected chi connectivity index (χ1v) is 6.89. The molecule has 0 spiro atoms. The standard InChI is InChI=1S/C17H10FNO4/c18-13-4-9(5-14-12(13)6-15(19-14)16(20)21)8-1-2-11-10(3-8)7-23-17(11)22/h1-6,19H,7H2,(H,20,21). The highest BCUT2D eigenvalue weighted by Crippen LogP contribution is 2.30. The topological polar surface area (TPSA) is 79.4 Å². The van der Waals surface area contributed by atoms with Gasteiger partial charge in [0, 0.05) is 16.5 Å². The van der Waals surface area contributed by atoms with Crippen molar-refractivity contribution in [2.75, 3.05) is 0 Å². The van der Waals surface area contributed by atoms with Crippen molar-refractivity contribution in [2.45, 2.75) is 6.61 Å².